The van der Waals surface area contributed by atoms with Gasteiger partial charge in [0.1, 0.15) is 24.1 Å². The minimum Gasteiger partial charge on any atom is -0.493 e. The number of nitrogens with two attached hydrogens (primary N) is 1. The van der Waals surface area contributed by atoms with Crippen molar-refractivity contribution in [2.75, 3.05) is 12.8 Å². The normalized spacial score (nSPS) is 12.7. The number of fused-ring (bicyclic) bond motifs is 1. The van der Waals surface area contributed by atoms with Gasteiger partial charge in [-0.15, -0.1) is 0 Å². The van der Waals surface area contributed by atoms with E-state index in [-0.39, 0.29) is 12.4 Å². The van der Waals surface area contributed by atoms with E-state index in [9.17, 15) is 5.26 Å². The molecule has 0 aliphatic heterocycles. The maximum atomic E-state index is 9.79. The van der Waals surface area contributed by atoms with Crippen LogP contribution in [0.15, 0.2) is 30.3 Å². The number of aromatic nitrogens is 1. The average Bonchev–Trinajstić information content (AvgIpc) is 2.77. The first-order valence-electron chi connectivity index (χ1n) is 10.1. The second-order valence-electron chi connectivity index (χ2n) is 7.51. The first-order chi connectivity index (χ1) is 15.4. The Balaban J connectivity index is 1.76. The molecule has 0 fully saturated rings. The van der Waals surface area contributed by atoms with E-state index in [0.29, 0.717) is 32.1 Å². The van der Waals surface area contributed by atoms with Crippen LogP contribution in [0.3, 0.4) is 0 Å². The summed E-state index contributed by atoms with van der Waals surface area (Å²) in [5.41, 5.74) is 10.7. The summed E-state index contributed by atoms with van der Waals surface area (Å²) >= 11 is 18.8. The Morgan fingerprint density at radius 1 is 1.09 bits per heavy atom. The lowest BCUT2D eigenvalue weighted by molar-refractivity contribution is 0.285. The number of ether oxygens (including phenoxy) is 2. The zero-order valence-electron chi connectivity index (χ0n) is 17.3. The molecular formula is C24H20Cl3N3O2. The van der Waals surface area contributed by atoms with Gasteiger partial charge in [0.2, 0.25) is 0 Å². The van der Waals surface area contributed by atoms with Crippen molar-refractivity contribution < 1.29 is 9.47 Å². The topological polar surface area (TPSA) is 81.2 Å². The van der Waals surface area contributed by atoms with Crippen LogP contribution < -0.4 is 15.2 Å². The van der Waals surface area contributed by atoms with E-state index < -0.39 is 0 Å². The highest BCUT2D eigenvalue weighted by Gasteiger charge is 2.24. The largest absolute Gasteiger partial charge is 0.493 e. The Hall–Kier alpha value is -2.65. The maximum Gasteiger partial charge on any atom is 0.180 e. The molecule has 0 saturated heterocycles. The molecule has 8 heteroatoms. The van der Waals surface area contributed by atoms with Gasteiger partial charge in [0.25, 0.3) is 0 Å². The number of anilines is 1. The van der Waals surface area contributed by atoms with Crippen LogP contribution in [0.5, 0.6) is 11.5 Å². The SMILES string of the molecule is COc1cc(-c2c(C#N)c(N)nc3c2CCCC3)cc(Cl)c1OCc1ccc(Cl)cc1Cl. The van der Waals surface area contributed by atoms with Gasteiger partial charge in [-0.1, -0.05) is 40.9 Å². The van der Waals surface area contributed by atoms with Gasteiger partial charge in [-0.05, 0) is 61.1 Å². The highest BCUT2D eigenvalue weighted by Crippen LogP contribution is 2.43. The molecule has 0 spiro atoms. The van der Waals surface area contributed by atoms with E-state index >= 15 is 0 Å². The van der Waals surface area contributed by atoms with Gasteiger partial charge in [0.05, 0.1) is 12.1 Å². The number of methoxy groups -OCH3 is 1. The molecule has 0 unspecified atom stereocenters. The Morgan fingerprint density at radius 2 is 1.88 bits per heavy atom. The van der Waals surface area contributed by atoms with Gasteiger partial charge >= 0.3 is 0 Å². The van der Waals surface area contributed by atoms with Crippen LogP contribution in [0.4, 0.5) is 5.82 Å². The minimum absolute atomic E-state index is 0.187. The van der Waals surface area contributed by atoms with Crippen LogP contribution in [-0.4, -0.2) is 12.1 Å². The number of nitrogen functional groups attached to an aromatic ring is 1. The van der Waals surface area contributed by atoms with E-state index in [2.05, 4.69) is 11.1 Å². The van der Waals surface area contributed by atoms with E-state index in [0.717, 1.165) is 53.6 Å². The van der Waals surface area contributed by atoms with Gasteiger partial charge in [0, 0.05) is 26.9 Å². The molecule has 164 valence electrons. The second-order valence-corrected chi connectivity index (χ2v) is 8.76. The summed E-state index contributed by atoms with van der Waals surface area (Å²) in [6.07, 6.45) is 3.76. The summed E-state index contributed by atoms with van der Waals surface area (Å²) in [7, 11) is 1.54. The molecule has 0 bridgehead atoms. The monoisotopic (exact) mass is 487 g/mol. The molecular weight excluding hydrogens is 469 g/mol. The van der Waals surface area contributed by atoms with Crippen molar-refractivity contribution in [2.45, 2.75) is 32.3 Å². The first kappa shape index (κ1) is 22.5. The van der Waals surface area contributed by atoms with Crippen molar-refractivity contribution >= 4 is 40.6 Å². The molecule has 2 N–H and O–H groups in total. The zero-order valence-corrected chi connectivity index (χ0v) is 19.6. The summed E-state index contributed by atoms with van der Waals surface area (Å²) in [6.45, 7) is 0.187. The highest BCUT2D eigenvalue weighted by atomic mass is 35.5. The molecule has 5 nitrogen and oxygen atoms in total. The molecule has 1 aromatic heterocycles. The maximum absolute atomic E-state index is 9.79. The fourth-order valence-electron chi connectivity index (χ4n) is 3.99. The van der Waals surface area contributed by atoms with Crippen LogP contribution in [-0.2, 0) is 19.4 Å². The fourth-order valence-corrected chi connectivity index (χ4v) is 4.72. The quantitative estimate of drug-likeness (QED) is 0.436. The standard InChI is InChI=1S/C24H20Cl3N3O2/c1-31-21-9-14(22-16-4-2-3-5-20(16)30-24(29)17(22)11-28)8-19(27)23(21)32-12-13-6-7-15(25)10-18(13)26/h6-10H,2-5,12H2,1H3,(H2,29,30). The average molecular weight is 489 g/mol. The van der Waals surface area contributed by atoms with E-state index in [1.165, 1.54) is 0 Å². The van der Waals surface area contributed by atoms with Gasteiger partial charge in [-0.2, -0.15) is 5.26 Å². The Morgan fingerprint density at radius 3 is 2.59 bits per heavy atom. The summed E-state index contributed by atoms with van der Waals surface area (Å²) in [4.78, 5) is 4.48. The van der Waals surface area contributed by atoms with Crippen molar-refractivity contribution in [1.29, 1.82) is 5.26 Å². The predicted molar refractivity (Wildman–Crippen MR) is 128 cm³/mol. The second kappa shape index (κ2) is 9.46. The van der Waals surface area contributed by atoms with Crippen LogP contribution in [0, 0.1) is 11.3 Å². The van der Waals surface area contributed by atoms with E-state index in [1.807, 2.05) is 6.07 Å². The smallest absolute Gasteiger partial charge is 0.180 e. The molecule has 3 aromatic rings. The van der Waals surface area contributed by atoms with E-state index in [1.54, 1.807) is 31.4 Å². The van der Waals surface area contributed by atoms with Gasteiger partial charge in [-0.25, -0.2) is 4.98 Å². The van der Waals surface area contributed by atoms with Crippen molar-refractivity contribution in [3.05, 3.63) is 67.8 Å². The third-order valence-electron chi connectivity index (χ3n) is 5.52. The number of halogens is 3. The third-order valence-corrected chi connectivity index (χ3v) is 6.39. The van der Waals surface area contributed by atoms with Gasteiger partial charge in [-0.3, -0.25) is 0 Å². The minimum atomic E-state index is 0.187. The van der Waals surface area contributed by atoms with Crippen LogP contribution in [0.25, 0.3) is 11.1 Å². The number of hydrogen-bond acceptors (Lipinski definition) is 5. The predicted octanol–water partition coefficient (Wildman–Crippen LogP) is 6.63. The van der Waals surface area contributed by atoms with Crippen molar-refractivity contribution in [3.8, 4) is 28.7 Å². The van der Waals surface area contributed by atoms with Crippen molar-refractivity contribution in [3.63, 3.8) is 0 Å². The lowest BCUT2D eigenvalue weighted by atomic mass is 9.86. The number of nitriles is 1. The number of aryl methyl sites for hydroxylation is 1. The number of hydrogen-bond donors (Lipinski definition) is 1. The number of nitrogens with zero attached hydrogens (tertiary/aromatic N) is 2. The van der Waals surface area contributed by atoms with E-state index in [4.69, 9.17) is 50.0 Å². The summed E-state index contributed by atoms with van der Waals surface area (Å²) in [6, 6.07) is 11.0. The highest BCUT2D eigenvalue weighted by molar-refractivity contribution is 6.35. The Kier molecular flexibility index (Phi) is 6.66. The summed E-state index contributed by atoms with van der Waals surface area (Å²) < 4.78 is 11.5. The third kappa shape index (κ3) is 4.31. The number of benzene rings is 2. The molecule has 1 aliphatic carbocycles. The number of rotatable bonds is 5. The molecule has 0 radical (unpaired) electrons. The molecule has 0 amide bonds. The van der Waals surface area contributed by atoms with Crippen LogP contribution >= 0.6 is 34.8 Å². The molecule has 1 aliphatic rings. The molecule has 4 rings (SSSR count). The first-order valence-corrected chi connectivity index (χ1v) is 11.2. The lowest BCUT2D eigenvalue weighted by Gasteiger charge is -2.22. The molecule has 0 atom stereocenters. The lowest BCUT2D eigenvalue weighted by Crippen LogP contribution is -2.12. The van der Waals surface area contributed by atoms with Crippen molar-refractivity contribution in [2.24, 2.45) is 0 Å². The van der Waals surface area contributed by atoms with Gasteiger partial charge < -0.3 is 15.2 Å². The fraction of sp³-hybridized carbons (Fsp3) is 0.250. The van der Waals surface area contributed by atoms with Gasteiger partial charge in [0.15, 0.2) is 11.5 Å². The van der Waals surface area contributed by atoms with Crippen molar-refractivity contribution in [1.82, 2.24) is 4.98 Å². The molecule has 0 saturated carbocycles. The Bertz CT molecular complexity index is 1240. The zero-order chi connectivity index (χ0) is 22.8. The van der Waals surface area contributed by atoms with Crippen LogP contribution in [0.1, 0.15) is 35.2 Å². The van der Waals surface area contributed by atoms with Crippen LogP contribution in [0.2, 0.25) is 15.1 Å². The summed E-state index contributed by atoms with van der Waals surface area (Å²) in [5.74, 6) is 1.07. The molecule has 32 heavy (non-hydrogen) atoms. The number of pyridine rings is 1. The summed E-state index contributed by atoms with van der Waals surface area (Å²) in [5, 5.41) is 11.2. The molecule has 1 heterocycles. The molecule has 2 aromatic carbocycles. The Labute approximate surface area is 201 Å².